The third kappa shape index (κ3) is 1.50. The number of nitrogens with two attached hydrogens (primary N) is 1. The molecule has 0 spiro atoms. The molecule has 4 N–H and O–H groups in total. The van der Waals surface area contributed by atoms with E-state index in [-0.39, 0.29) is 5.82 Å². The van der Waals surface area contributed by atoms with Crippen molar-refractivity contribution in [1.29, 1.82) is 0 Å². The maximum absolute atomic E-state index is 11.3. The van der Waals surface area contributed by atoms with E-state index in [4.69, 9.17) is 5.73 Å². The summed E-state index contributed by atoms with van der Waals surface area (Å²) in [6.07, 6.45) is 2.21. The minimum atomic E-state index is -0.473. The molecule has 6 heteroatoms. The number of carbonyl (C=O) groups excluding carboxylic acids is 1. The number of ether oxygens (including phenoxy) is 1. The van der Waals surface area contributed by atoms with Crippen molar-refractivity contribution in [1.82, 2.24) is 10.2 Å². The average Bonchev–Trinajstić information content (AvgIpc) is 2.90. The van der Waals surface area contributed by atoms with Gasteiger partial charge in [-0.25, -0.2) is 4.79 Å². The molecular formula is C8H12N4O2. The molecule has 0 amide bonds. The number of nitrogens with one attached hydrogen (secondary N) is 2. The first kappa shape index (κ1) is 8.86. The second kappa shape index (κ2) is 3.21. The molecule has 0 unspecified atom stereocenters. The maximum Gasteiger partial charge on any atom is 0.345 e. The first-order chi connectivity index (χ1) is 6.72. The number of aromatic amines is 1. The van der Waals surface area contributed by atoms with Crippen molar-refractivity contribution in [3.05, 3.63) is 5.56 Å². The van der Waals surface area contributed by atoms with Crippen LogP contribution in [0.5, 0.6) is 0 Å². The van der Waals surface area contributed by atoms with Crippen molar-refractivity contribution < 1.29 is 9.53 Å². The smallest absolute Gasteiger partial charge is 0.345 e. The van der Waals surface area contributed by atoms with Gasteiger partial charge in [0.1, 0.15) is 11.4 Å². The Morgan fingerprint density at radius 2 is 2.43 bits per heavy atom. The van der Waals surface area contributed by atoms with Gasteiger partial charge >= 0.3 is 5.97 Å². The Bertz CT molecular complexity index is 356. The van der Waals surface area contributed by atoms with E-state index in [1.807, 2.05) is 0 Å². The minimum absolute atomic E-state index is 0.236. The molecular weight excluding hydrogens is 184 g/mol. The molecule has 1 saturated carbocycles. The van der Waals surface area contributed by atoms with E-state index in [0.717, 1.165) is 12.8 Å². The van der Waals surface area contributed by atoms with Crippen LogP contribution < -0.4 is 11.1 Å². The van der Waals surface area contributed by atoms with Crippen LogP contribution in [-0.4, -0.2) is 29.3 Å². The number of esters is 1. The summed E-state index contributed by atoms with van der Waals surface area (Å²) >= 11 is 0. The van der Waals surface area contributed by atoms with Crippen LogP contribution in [0, 0.1) is 0 Å². The van der Waals surface area contributed by atoms with Gasteiger partial charge in [-0.3, -0.25) is 5.10 Å². The number of methoxy groups -OCH3 is 1. The van der Waals surface area contributed by atoms with Crippen LogP contribution in [0.4, 0.5) is 11.6 Å². The zero-order chi connectivity index (χ0) is 10.1. The zero-order valence-corrected chi connectivity index (χ0v) is 7.83. The fraction of sp³-hybridized carbons (Fsp3) is 0.500. The molecule has 0 atom stereocenters. The van der Waals surface area contributed by atoms with E-state index >= 15 is 0 Å². The van der Waals surface area contributed by atoms with Gasteiger partial charge in [0.2, 0.25) is 0 Å². The molecule has 76 valence electrons. The third-order valence-electron chi connectivity index (χ3n) is 2.10. The van der Waals surface area contributed by atoms with Gasteiger partial charge in [0.05, 0.1) is 7.11 Å². The van der Waals surface area contributed by atoms with Crippen molar-refractivity contribution in [2.24, 2.45) is 0 Å². The van der Waals surface area contributed by atoms with Gasteiger partial charge in [-0.1, -0.05) is 0 Å². The van der Waals surface area contributed by atoms with Gasteiger partial charge in [0, 0.05) is 6.04 Å². The Morgan fingerprint density at radius 1 is 1.71 bits per heavy atom. The lowest BCUT2D eigenvalue weighted by Crippen LogP contribution is -2.09. The summed E-state index contributed by atoms with van der Waals surface area (Å²) in [6.45, 7) is 0. The summed E-state index contributed by atoms with van der Waals surface area (Å²) in [7, 11) is 1.32. The number of hydrogen-bond acceptors (Lipinski definition) is 5. The molecule has 0 aromatic carbocycles. The molecule has 1 aliphatic rings. The first-order valence-corrected chi connectivity index (χ1v) is 4.41. The second-order valence-electron chi connectivity index (χ2n) is 3.27. The molecule has 1 aromatic heterocycles. The van der Waals surface area contributed by atoms with Gasteiger partial charge in [-0.15, -0.1) is 0 Å². The van der Waals surface area contributed by atoms with Crippen molar-refractivity contribution >= 4 is 17.6 Å². The van der Waals surface area contributed by atoms with Crippen LogP contribution in [0.15, 0.2) is 0 Å². The van der Waals surface area contributed by atoms with Crippen molar-refractivity contribution in [3.8, 4) is 0 Å². The van der Waals surface area contributed by atoms with Crippen LogP contribution in [0.1, 0.15) is 23.2 Å². The number of carbonyl (C=O) groups is 1. The topological polar surface area (TPSA) is 93.0 Å². The second-order valence-corrected chi connectivity index (χ2v) is 3.27. The van der Waals surface area contributed by atoms with E-state index in [1.54, 1.807) is 0 Å². The normalized spacial score (nSPS) is 15.2. The molecule has 0 saturated heterocycles. The van der Waals surface area contributed by atoms with Crippen LogP contribution >= 0.6 is 0 Å². The minimum Gasteiger partial charge on any atom is -0.465 e. The lowest BCUT2D eigenvalue weighted by atomic mass is 10.3. The third-order valence-corrected chi connectivity index (χ3v) is 2.10. The Balaban J connectivity index is 2.24. The first-order valence-electron chi connectivity index (χ1n) is 4.41. The van der Waals surface area contributed by atoms with Gasteiger partial charge < -0.3 is 15.8 Å². The molecule has 0 aliphatic heterocycles. The standard InChI is InChI=1S/C8H12N4O2/c1-14-8(13)5-6(9)11-12-7(5)10-4-2-3-4/h4H,2-3H2,1H3,(H4,9,10,11,12). The Hall–Kier alpha value is -1.72. The zero-order valence-electron chi connectivity index (χ0n) is 7.83. The molecule has 6 nitrogen and oxygen atoms in total. The van der Waals surface area contributed by atoms with E-state index in [2.05, 4.69) is 20.3 Å². The fourth-order valence-electron chi connectivity index (χ4n) is 1.19. The number of aromatic nitrogens is 2. The SMILES string of the molecule is COC(=O)c1c(NC2CC2)n[nH]c1N. The van der Waals surface area contributed by atoms with Crippen molar-refractivity contribution in [2.75, 3.05) is 18.2 Å². The highest BCUT2D eigenvalue weighted by Gasteiger charge is 2.26. The van der Waals surface area contributed by atoms with Crippen LogP contribution in [-0.2, 0) is 4.74 Å². The van der Waals surface area contributed by atoms with Crippen LogP contribution in [0.25, 0.3) is 0 Å². The molecule has 1 heterocycles. The van der Waals surface area contributed by atoms with Crippen molar-refractivity contribution in [3.63, 3.8) is 0 Å². The van der Waals surface area contributed by atoms with E-state index in [9.17, 15) is 4.79 Å². The number of hydrogen-bond donors (Lipinski definition) is 3. The summed E-state index contributed by atoms with van der Waals surface area (Å²) in [5.41, 5.74) is 5.85. The Labute approximate surface area is 80.8 Å². The quantitative estimate of drug-likeness (QED) is 0.606. The van der Waals surface area contributed by atoms with E-state index < -0.39 is 5.97 Å². The monoisotopic (exact) mass is 196 g/mol. The maximum atomic E-state index is 11.3. The number of nitrogen functional groups attached to an aromatic ring is 1. The summed E-state index contributed by atoms with van der Waals surface area (Å²) < 4.78 is 4.60. The van der Waals surface area contributed by atoms with Crippen molar-refractivity contribution in [2.45, 2.75) is 18.9 Å². The lowest BCUT2D eigenvalue weighted by Gasteiger charge is -2.02. The highest BCUT2D eigenvalue weighted by Crippen LogP contribution is 2.27. The summed E-state index contributed by atoms with van der Waals surface area (Å²) in [4.78, 5) is 11.3. The van der Waals surface area contributed by atoms with Gasteiger partial charge in [-0.05, 0) is 12.8 Å². The molecule has 1 aliphatic carbocycles. The molecule has 0 radical (unpaired) electrons. The fourth-order valence-corrected chi connectivity index (χ4v) is 1.19. The Morgan fingerprint density at radius 3 is 3.00 bits per heavy atom. The highest BCUT2D eigenvalue weighted by molar-refractivity contribution is 5.99. The summed E-state index contributed by atoms with van der Waals surface area (Å²) in [6, 6.07) is 0.418. The summed E-state index contributed by atoms with van der Waals surface area (Å²) in [5, 5.41) is 9.55. The number of H-pyrrole nitrogens is 1. The highest BCUT2D eigenvalue weighted by atomic mass is 16.5. The number of nitrogens with zero attached hydrogens (tertiary/aromatic N) is 1. The number of anilines is 2. The number of rotatable bonds is 3. The Kier molecular flexibility index (Phi) is 2.03. The van der Waals surface area contributed by atoms with Crippen LogP contribution in [0.3, 0.4) is 0 Å². The molecule has 1 aromatic rings. The van der Waals surface area contributed by atoms with Crippen LogP contribution in [0.2, 0.25) is 0 Å². The summed E-state index contributed by atoms with van der Waals surface area (Å²) in [5.74, 6) is 0.247. The lowest BCUT2D eigenvalue weighted by molar-refractivity contribution is 0.0603. The molecule has 2 rings (SSSR count). The van der Waals surface area contributed by atoms with Gasteiger partial charge in [0.25, 0.3) is 0 Å². The van der Waals surface area contributed by atoms with Gasteiger partial charge in [-0.2, -0.15) is 5.10 Å². The predicted molar refractivity (Wildman–Crippen MR) is 51.0 cm³/mol. The van der Waals surface area contributed by atoms with E-state index in [0.29, 0.717) is 17.4 Å². The largest absolute Gasteiger partial charge is 0.465 e. The average molecular weight is 196 g/mol. The molecule has 0 bridgehead atoms. The predicted octanol–water partition coefficient (Wildman–Crippen LogP) is 0.353. The molecule has 14 heavy (non-hydrogen) atoms. The molecule has 1 fully saturated rings. The van der Waals surface area contributed by atoms with E-state index in [1.165, 1.54) is 7.11 Å². The van der Waals surface area contributed by atoms with Gasteiger partial charge in [0.15, 0.2) is 5.82 Å².